The van der Waals surface area contributed by atoms with Crippen LogP contribution < -0.4 is 5.32 Å². The van der Waals surface area contributed by atoms with Gasteiger partial charge in [0.25, 0.3) is 0 Å². The van der Waals surface area contributed by atoms with Crippen molar-refractivity contribution in [2.45, 2.75) is 31.9 Å². The van der Waals surface area contributed by atoms with Gasteiger partial charge in [-0.05, 0) is 11.4 Å². The van der Waals surface area contributed by atoms with Crippen LogP contribution >= 0.6 is 11.3 Å². The molecule has 1 aromatic rings. The maximum atomic E-state index is 12.5. The summed E-state index contributed by atoms with van der Waals surface area (Å²) in [5.41, 5.74) is 0. The Kier molecular flexibility index (Phi) is 6.12. The Hall–Kier alpha value is -1.93. The second-order valence-electron chi connectivity index (χ2n) is 5.40. The quantitative estimate of drug-likeness (QED) is 0.806. The number of carbonyl (C=O) groups is 3. The van der Waals surface area contributed by atoms with Crippen molar-refractivity contribution in [3.8, 4) is 0 Å². The zero-order chi connectivity index (χ0) is 16.8. The van der Waals surface area contributed by atoms with Gasteiger partial charge in [-0.15, -0.1) is 11.3 Å². The average molecular weight is 340 g/mol. The molecule has 1 aliphatic heterocycles. The van der Waals surface area contributed by atoms with E-state index in [1.807, 2.05) is 17.5 Å². The van der Waals surface area contributed by atoms with E-state index in [1.165, 1.54) is 18.3 Å². The zero-order valence-electron chi connectivity index (χ0n) is 12.9. The molecule has 2 rings (SSSR count). The first-order chi connectivity index (χ1) is 11.0. The number of hydrogen-bond acceptors (Lipinski definition) is 5. The number of hydrogen-bond donors (Lipinski definition) is 2. The number of ether oxygens (including phenoxy) is 1. The lowest BCUT2D eigenvalue weighted by Gasteiger charge is -2.33. The van der Waals surface area contributed by atoms with Gasteiger partial charge < -0.3 is 20.1 Å². The number of morpholine rings is 1. The summed E-state index contributed by atoms with van der Waals surface area (Å²) >= 11 is 1.48. The Morgan fingerprint density at radius 2 is 2.30 bits per heavy atom. The highest BCUT2D eigenvalue weighted by molar-refractivity contribution is 7.10. The fourth-order valence-electron chi connectivity index (χ4n) is 2.53. The zero-order valence-corrected chi connectivity index (χ0v) is 13.7. The van der Waals surface area contributed by atoms with Crippen LogP contribution in [0.5, 0.6) is 0 Å². The van der Waals surface area contributed by atoms with E-state index in [9.17, 15) is 14.4 Å². The molecular weight excluding hydrogens is 320 g/mol. The van der Waals surface area contributed by atoms with Gasteiger partial charge in [0.15, 0.2) is 0 Å². The molecule has 0 radical (unpaired) electrons. The third-order valence-electron chi connectivity index (χ3n) is 3.54. The van der Waals surface area contributed by atoms with Gasteiger partial charge in [0.05, 0.1) is 31.6 Å². The maximum absolute atomic E-state index is 12.5. The van der Waals surface area contributed by atoms with Gasteiger partial charge in [-0.3, -0.25) is 14.4 Å². The molecule has 0 bridgehead atoms. The van der Waals surface area contributed by atoms with Gasteiger partial charge in [-0.1, -0.05) is 6.07 Å². The van der Waals surface area contributed by atoms with Crippen LogP contribution in [0.1, 0.15) is 30.7 Å². The molecule has 126 valence electrons. The second-order valence-corrected chi connectivity index (χ2v) is 6.38. The molecule has 2 atom stereocenters. The first-order valence-corrected chi connectivity index (χ1v) is 8.25. The van der Waals surface area contributed by atoms with E-state index >= 15 is 0 Å². The maximum Gasteiger partial charge on any atom is 0.306 e. The second kappa shape index (κ2) is 8.07. The lowest BCUT2D eigenvalue weighted by molar-refractivity contribution is -0.148. The number of thiophene rings is 1. The standard InChI is InChI=1S/C15H20N2O5S/c1-10(18)16-12(13-3-2-6-23-13)8-14(19)17-4-5-22-11(9-17)7-15(20)21/h2-3,6,11-12H,4-5,7-9H2,1H3,(H,16,18)(H,20,21). The molecule has 2 N–H and O–H groups in total. The summed E-state index contributed by atoms with van der Waals surface area (Å²) in [5.74, 6) is -1.25. The van der Waals surface area contributed by atoms with Crippen molar-refractivity contribution in [3.05, 3.63) is 22.4 Å². The van der Waals surface area contributed by atoms with Gasteiger partial charge in [0.1, 0.15) is 0 Å². The van der Waals surface area contributed by atoms with Gasteiger partial charge in [-0.25, -0.2) is 0 Å². The van der Waals surface area contributed by atoms with Crippen LogP contribution in [0.3, 0.4) is 0 Å². The number of amides is 2. The molecule has 0 aliphatic carbocycles. The topological polar surface area (TPSA) is 95.9 Å². The summed E-state index contributed by atoms with van der Waals surface area (Å²) in [5, 5.41) is 13.5. The highest BCUT2D eigenvalue weighted by atomic mass is 32.1. The molecule has 0 aromatic carbocycles. The molecule has 23 heavy (non-hydrogen) atoms. The fraction of sp³-hybridized carbons (Fsp3) is 0.533. The van der Waals surface area contributed by atoms with Crippen LogP contribution in [0.15, 0.2) is 17.5 Å². The van der Waals surface area contributed by atoms with E-state index in [1.54, 1.807) is 4.90 Å². The number of carbonyl (C=O) groups excluding carboxylic acids is 2. The van der Waals surface area contributed by atoms with E-state index in [4.69, 9.17) is 9.84 Å². The highest BCUT2D eigenvalue weighted by Gasteiger charge is 2.28. The van der Waals surface area contributed by atoms with Gasteiger partial charge in [0.2, 0.25) is 11.8 Å². The van der Waals surface area contributed by atoms with Crippen LogP contribution in [0, 0.1) is 0 Å². The number of nitrogens with one attached hydrogen (secondary N) is 1. The minimum absolute atomic E-state index is 0.115. The molecule has 1 aliphatic rings. The number of carboxylic acid groups (broad SMARTS) is 1. The molecule has 1 aromatic heterocycles. The summed E-state index contributed by atoms with van der Waals surface area (Å²) < 4.78 is 5.37. The monoisotopic (exact) mass is 340 g/mol. The molecule has 2 amide bonds. The van der Waals surface area contributed by atoms with Crippen LogP contribution in [0.25, 0.3) is 0 Å². The SMILES string of the molecule is CC(=O)NC(CC(=O)N1CCOC(CC(=O)O)C1)c1cccs1. The van der Waals surface area contributed by atoms with Gasteiger partial charge in [-0.2, -0.15) is 0 Å². The van der Waals surface area contributed by atoms with Crippen LogP contribution in [-0.4, -0.2) is 53.6 Å². The number of rotatable bonds is 6. The lowest BCUT2D eigenvalue weighted by Crippen LogP contribution is -2.47. The first kappa shape index (κ1) is 17.4. The number of carboxylic acids is 1. The normalized spacial score (nSPS) is 19.2. The molecule has 8 heteroatoms. The smallest absolute Gasteiger partial charge is 0.306 e. The Morgan fingerprint density at radius 3 is 2.91 bits per heavy atom. The molecular formula is C15H20N2O5S. The van der Waals surface area contributed by atoms with Crippen molar-refractivity contribution < 1.29 is 24.2 Å². The minimum atomic E-state index is -0.945. The molecule has 0 spiro atoms. The molecule has 0 saturated carbocycles. The van der Waals surface area contributed by atoms with Crippen LogP contribution in [0.2, 0.25) is 0 Å². The van der Waals surface area contributed by atoms with Gasteiger partial charge >= 0.3 is 5.97 Å². The average Bonchev–Trinajstić information content (AvgIpc) is 2.99. The van der Waals surface area contributed by atoms with Crippen molar-refractivity contribution >= 4 is 29.1 Å². The Labute approximate surface area is 138 Å². The Balaban J connectivity index is 1.97. The van der Waals surface area contributed by atoms with Crippen LogP contribution in [0.4, 0.5) is 0 Å². The van der Waals surface area contributed by atoms with Crippen molar-refractivity contribution in [3.63, 3.8) is 0 Å². The Morgan fingerprint density at radius 1 is 1.52 bits per heavy atom. The predicted molar refractivity (Wildman–Crippen MR) is 84.1 cm³/mol. The summed E-state index contributed by atoms with van der Waals surface area (Å²) in [7, 11) is 0. The summed E-state index contributed by atoms with van der Waals surface area (Å²) in [6.07, 6.45) is -0.449. The number of aliphatic carboxylic acids is 1. The third-order valence-corrected chi connectivity index (χ3v) is 4.52. The molecule has 2 heterocycles. The molecule has 1 saturated heterocycles. The summed E-state index contributed by atoms with van der Waals surface area (Å²) in [6.45, 7) is 2.45. The highest BCUT2D eigenvalue weighted by Crippen LogP contribution is 2.23. The van der Waals surface area contributed by atoms with Crippen molar-refractivity contribution in [2.75, 3.05) is 19.7 Å². The summed E-state index contributed by atoms with van der Waals surface area (Å²) in [4.78, 5) is 37.2. The largest absolute Gasteiger partial charge is 0.481 e. The third kappa shape index (κ3) is 5.33. The molecule has 7 nitrogen and oxygen atoms in total. The first-order valence-electron chi connectivity index (χ1n) is 7.37. The van der Waals surface area contributed by atoms with E-state index in [0.717, 1.165) is 4.88 Å². The van der Waals surface area contributed by atoms with E-state index in [2.05, 4.69) is 5.32 Å². The predicted octanol–water partition coefficient (Wildman–Crippen LogP) is 1.02. The van der Waals surface area contributed by atoms with Crippen molar-refractivity contribution in [2.24, 2.45) is 0 Å². The van der Waals surface area contributed by atoms with E-state index in [0.29, 0.717) is 13.2 Å². The van der Waals surface area contributed by atoms with Crippen LogP contribution in [-0.2, 0) is 19.1 Å². The number of nitrogens with zero attached hydrogens (tertiary/aromatic N) is 1. The fourth-order valence-corrected chi connectivity index (χ4v) is 3.30. The molecule has 1 fully saturated rings. The van der Waals surface area contributed by atoms with E-state index < -0.39 is 12.1 Å². The van der Waals surface area contributed by atoms with E-state index in [-0.39, 0.29) is 37.2 Å². The molecule has 2 unspecified atom stereocenters. The Bertz CT molecular complexity index is 560. The van der Waals surface area contributed by atoms with Crippen molar-refractivity contribution in [1.82, 2.24) is 10.2 Å². The van der Waals surface area contributed by atoms with Gasteiger partial charge in [0, 0.05) is 24.9 Å². The summed E-state index contributed by atoms with van der Waals surface area (Å²) in [6, 6.07) is 3.39. The van der Waals surface area contributed by atoms with Crippen molar-refractivity contribution in [1.29, 1.82) is 0 Å². The lowest BCUT2D eigenvalue weighted by atomic mass is 10.1. The minimum Gasteiger partial charge on any atom is -0.481 e.